The van der Waals surface area contributed by atoms with E-state index in [9.17, 15) is 4.79 Å². The molecular formula is C8H12N2O2. The molecule has 0 fully saturated rings. The summed E-state index contributed by atoms with van der Waals surface area (Å²) in [6.45, 7) is 4.06. The van der Waals surface area contributed by atoms with Crippen LogP contribution in [0.15, 0.2) is 23.5 Å². The predicted octanol–water partition coefficient (Wildman–Crippen LogP) is 0.445. The summed E-state index contributed by atoms with van der Waals surface area (Å²) in [5.74, 6) is -0.336. The first kappa shape index (κ1) is 8.64. The summed E-state index contributed by atoms with van der Waals surface area (Å²) in [7, 11) is 0. The molecule has 2 N–H and O–H groups in total. The normalized spacial score (nSPS) is 15.2. The summed E-state index contributed by atoms with van der Waals surface area (Å²) in [5.41, 5.74) is 6.86. The van der Waals surface area contributed by atoms with Crippen molar-refractivity contribution in [2.24, 2.45) is 0 Å². The van der Waals surface area contributed by atoms with Gasteiger partial charge in [0.1, 0.15) is 5.70 Å². The molecule has 0 aromatic rings. The van der Waals surface area contributed by atoms with E-state index in [1.165, 1.54) is 0 Å². The van der Waals surface area contributed by atoms with Crippen LogP contribution >= 0.6 is 0 Å². The quantitative estimate of drug-likeness (QED) is 0.587. The van der Waals surface area contributed by atoms with Crippen molar-refractivity contribution < 1.29 is 9.53 Å². The number of hydrazine groups is 1. The Hall–Kier alpha value is -1.45. The molecule has 0 radical (unpaired) electrons. The van der Waals surface area contributed by atoms with Crippen molar-refractivity contribution in [2.45, 2.75) is 13.8 Å². The van der Waals surface area contributed by atoms with E-state index in [1.54, 1.807) is 19.2 Å². The van der Waals surface area contributed by atoms with Gasteiger partial charge in [0.05, 0.1) is 6.61 Å². The SMILES string of the molecule is CCOC(=O)C1=CC(C)=CNN1. The van der Waals surface area contributed by atoms with Gasteiger partial charge in [-0.15, -0.1) is 0 Å². The standard InChI is InChI=1S/C8H12N2O2/c1-3-12-8(11)7-4-6(2)5-9-10-7/h4-5,9-10H,3H2,1-2H3. The van der Waals surface area contributed by atoms with Crippen LogP contribution in [0, 0.1) is 0 Å². The third kappa shape index (κ3) is 2.02. The minimum Gasteiger partial charge on any atom is -0.461 e. The maximum atomic E-state index is 11.1. The van der Waals surface area contributed by atoms with Crippen molar-refractivity contribution in [3.8, 4) is 0 Å². The first-order chi connectivity index (χ1) is 5.74. The predicted molar refractivity (Wildman–Crippen MR) is 44.7 cm³/mol. The van der Waals surface area contributed by atoms with Gasteiger partial charge in [-0.05, 0) is 25.5 Å². The van der Waals surface area contributed by atoms with Crippen LogP contribution in [0.3, 0.4) is 0 Å². The molecule has 4 heteroatoms. The number of rotatable bonds is 2. The molecular weight excluding hydrogens is 156 g/mol. The highest BCUT2D eigenvalue weighted by Crippen LogP contribution is 2.03. The molecule has 0 aliphatic carbocycles. The van der Waals surface area contributed by atoms with Crippen LogP contribution in [-0.2, 0) is 9.53 Å². The number of hydrogen-bond acceptors (Lipinski definition) is 4. The van der Waals surface area contributed by atoms with Gasteiger partial charge in [-0.3, -0.25) is 5.43 Å². The monoisotopic (exact) mass is 168 g/mol. The van der Waals surface area contributed by atoms with E-state index in [0.29, 0.717) is 12.3 Å². The van der Waals surface area contributed by atoms with E-state index < -0.39 is 0 Å². The molecule has 12 heavy (non-hydrogen) atoms. The Balaban J connectivity index is 2.62. The second-order valence-electron chi connectivity index (χ2n) is 2.44. The van der Waals surface area contributed by atoms with E-state index >= 15 is 0 Å². The second kappa shape index (κ2) is 3.80. The minimum absolute atomic E-state index is 0.336. The van der Waals surface area contributed by atoms with Gasteiger partial charge in [0.2, 0.25) is 0 Å². The fraction of sp³-hybridized carbons (Fsp3) is 0.375. The van der Waals surface area contributed by atoms with E-state index in [4.69, 9.17) is 4.74 Å². The summed E-state index contributed by atoms with van der Waals surface area (Å²) in [4.78, 5) is 11.1. The van der Waals surface area contributed by atoms with E-state index in [-0.39, 0.29) is 5.97 Å². The highest BCUT2D eigenvalue weighted by Gasteiger charge is 2.11. The molecule has 1 heterocycles. The zero-order chi connectivity index (χ0) is 8.97. The zero-order valence-corrected chi connectivity index (χ0v) is 7.18. The topological polar surface area (TPSA) is 50.4 Å². The molecule has 66 valence electrons. The van der Waals surface area contributed by atoms with Gasteiger partial charge in [-0.25, -0.2) is 4.79 Å². The average Bonchev–Trinajstić information content (AvgIpc) is 2.05. The first-order valence-electron chi connectivity index (χ1n) is 3.81. The number of carbonyl (C=O) groups excluding carboxylic acids is 1. The molecule has 1 aliphatic heterocycles. The van der Waals surface area contributed by atoms with Crippen molar-refractivity contribution in [1.82, 2.24) is 10.9 Å². The fourth-order valence-corrected chi connectivity index (χ4v) is 0.852. The Morgan fingerprint density at radius 3 is 3.00 bits per heavy atom. The van der Waals surface area contributed by atoms with Crippen LogP contribution < -0.4 is 10.9 Å². The van der Waals surface area contributed by atoms with Gasteiger partial charge in [0.25, 0.3) is 0 Å². The molecule has 4 nitrogen and oxygen atoms in total. The highest BCUT2D eigenvalue weighted by atomic mass is 16.5. The van der Waals surface area contributed by atoms with Crippen LogP contribution in [0.5, 0.6) is 0 Å². The first-order valence-corrected chi connectivity index (χ1v) is 3.81. The lowest BCUT2D eigenvalue weighted by Crippen LogP contribution is -2.33. The largest absolute Gasteiger partial charge is 0.461 e. The average molecular weight is 168 g/mol. The lowest BCUT2D eigenvalue weighted by molar-refractivity contribution is -0.139. The maximum absolute atomic E-state index is 11.1. The fourth-order valence-electron chi connectivity index (χ4n) is 0.852. The Bertz CT molecular complexity index is 243. The third-order valence-corrected chi connectivity index (χ3v) is 1.37. The molecule has 1 rings (SSSR count). The van der Waals surface area contributed by atoms with Crippen molar-refractivity contribution in [3.63, 3.8) is 0 Å². The van der Waals surface area contributed by atoms with Gasteiger partial charge >= 0.3 is 5.97 Å². The molecule has 0 spiro atoms. The maximum Gasteiger partial charge on any atom is 0.356 e. The molecule has 0 bridgehead atoms. The van der Waals surface area contributed by atoms with E-state index in [2.05, 4.69) is 10.9 Å². The Morgan fingerprint density at radius 2 is 2.42 bits per heavy atom. The van der Waals surface area contributed by atoms with Crippen molar-refractivity contribution >= 4 is 5.97 Å². The lowest BCUT2D eigenvalue weighted by Gasteiger charge is -2.14. The summed E-state index contributed by atoms with van der Waals surface area (Å²) >= 11 is 0. The molecule has 0 unspecified atom stereocenters. The molecule has 0 aromatic carbocycles. The summed E-state index contributed by atoms with van der Waals surface area (Å²) < 4.78 is 4.79. The second-order valence-corrected chi connectivity index (χ2v) is 2.44. The molecule has 1 aliphatic rings. The smallest absolute Gasteiger partial charge is 0.356 e. The van der Waals surface area contributed by atoms with Crippen LogP contribution in [0.25, 0.3) is 0 Å². The van der Waals surface area contributed by atoms with Crippen molar-refractivity contribution in [2.75, 3.05) is 6.61 Å². The van der Waals surface area contributed by atoms with Gasteiger partial charge in [0.15, 0.2) is 0 Å². The van der Waals surface area contributed by atoms with Gasteiger partial charge in [0, 0.05) is 6.20 Å². The number of allylic oxidation sites excluding steroid dienone is 2. The Kier molecular flexibility index (Phi) is 2.74. The number of hydrogen-bond donors (Lipinski definition) is 2. The van der Waals surface area contributed by atoms with E-state index in [1.807, 2.05) is 6.92 Å². The molecule has 0 saturated heterocycles. The Morgan fingerprint density at radius 1 is 1.67 bits per heavy atom. The summed E-state index contributed by atoms with van der Waals surface area (Å²) in [6.07, 6.45) is 3.50. The third-order valence-electron chi connectivity index (χ3n) is 1.37. The van der Waals surface area contributed by atoms with Gasteiger partial charge < -0.3 is 10.2 Å². The van der Waals surface area contributed by atoms with Crippen LogP contribution in [0.2, 0.25) is 0 Å². The molecule has 0 aromatic heterocycles. The zero-order valence-electron chi connectivity index (χ0n) is 7.18. The molecule has 0 amide bonds. The lowest BCUT2D eigenvalue weighted by atomic mass is 10.2. The van der Waals surface area contributed by atoms with Gasteiger partial charge in [-0.1, -0.05) is 0 Å². The molecule has 0 saturated carbocycles. The van der Waals surface area contributed by atoms with Gasteiger partial charge in [-0.2, -0.15) is 0 Å². The molecule has 0 atom stereocenters. The minimum atomic E-state index is -0.336. The van der Waals surface area contributed by atoms with Crippen molar-refractivity contribution in [3.05, 3.63) is 23.5 Å². The number of esters is 1. The van der Waals surface area contributed by atoms with Crippen LogP contribution in [0.1, 0.15) is 13.8 Å². The number of carbonyl (C=O) groups is 1. The van der Waals surface area contributed by atoms with Crippen LogP contribution in [-0.4, -0.2) is 12.6 Å². The number of ether oxygens (including phenoxy) is 1. The highest BCUT2D eigenvalue weighted by molar-refractivity contribution is 5.88. The number of nitrogens with one attached hydrogen (secondary N) is 2. The van der Waals surface area contributed by atoms with Crippen LogP contribution in [0.4, 0.5) is 0 Å². The van der Waals surface area contributed by atoms with Crippen molar-refractivity contribution in [1.29, 1.82) is 0 Å². The summed E-state index contributed by atoms with van der Waals surface area (Å²) in [5, 5.41) is 0. The summed E-state index contributed by atoms with van der Waals surface area (Å²) in [6, 6.07) is 0. The van der Waals surface area contributed by atoms with E-state index in [0.717, 1.165) is 5.57 Å². The Labute approximate surface area is 71.3 Å².